The molecule has 24 heavy (non-hydrogen) atoms. The Morgan fingerprint density at radius 2 is 1.75 bits per heavy atom. The largest absolute Gasteiger partial charge is 0.480 e. The maximum Gasteiger partial charge on any atom is 0.328 e. The Balaban J connectivity index is 2.85. The summed E-state index contributed by atoms with van der Waals surface area (Å²) in [5.74, 6) is -2.03. The van der Waals surface area contributed by atoms with Crippen LogP contribution in [-0.4, -0.2) is 67.7 Å². The van der Waals surface area contributed by atoms with Gasteiger partial charge in [0.15, 0.2) is 11.9 Å². The average Bonchev–Trinajstić information content (AvgIpc) is 3.00. The lowest BCUT2D eigenvalue weighted by Gasteiger charge is -2.17. The SMILES string of the molecule is NC(=O)CC(NC(=O)NC(CO)C(=O)O)c1nnc(C(N)CO)[nH]1. The normalized spacial score (nSPS) is 14.5. The molecule has 0 radical (unpaired) electrons. The molecule has 1 heterocycles. The minimum Gasteiger partial charge on any atom is -0.480 e. The second kappa shape index (κ2) is 8.76. The van der Waals surface area contributed by atoms with Crippen molar-refractivity contribution < 1.29 is 29.7 Å². The molecule has 0 saturated carbocycles. The van der Waals surface area contributed by atoms with Crippen molar-refractivity contribution in [2.24, 2.45) is 11.5 Å². The Morgan fingerprint density at radius 3 is 2.25 bits per heavy atom. The number of H-pyrrole nitrogens is 1. The van der Waals surface area contributed by atoms with Crippen molar-refractivity contribution in [3.05, 3.63) is 11.6 Å². The number of nitrogens with one attached hydrogen (secondary N) is 3. The van der Waals surface area contributed by atoms with E-state index >= 15 is 0 Å². The molecule has 10 N–H and O–H groups in total. The van der Waals surface area contributed by atoms with Gasteiger partial charge in [0.2, 0.25) is 5.91 Å². The van der Waals surface area contributed by atoms with Gasteiger partial charge in [-0.1, -0.05) is 0 Å². The number of aliphatic carboxylic acids is 1. The van der Waals surface area contributed by atoms with E-state index in [-0.39, 0.29) is 18.1 Å². The van der Waals surface area contributed by atoms with Gasteiger partial charge in [-0.15, -0.1) is 10.2 Å². The third kappa shape index (κ3) is 5.45. The van der Waals surface area contributed by atoms with Gasteiger partial charge >= 0.3 is 12.0 Å². The third-order valence-electron chi connectivity index (χ3n) is 2.90. The highest BCUT2D eigenvalue weighted by Crippen LogP contribution is 2.14. The maximum atomic E-state index is 11.8. The number of aromatic amines is 1. The summed E-state index contributed by atoms with van der Waals surface area (Å²) in [6.45, 7) is -1.22. The number of carboxylic acid groups (broad SMARTS) is 1. The molecule has 13 nitrogen and oxygen atoms in total. The van der Waals surface area contributed by atoms with Crippen molar-refractivity contribution in [2.45, 2.75) is 24.5 Å². The van der Waals surface area contributed by atoms with Crippen molar-refractivity contribution in [1.29, 1.82) is 0 Å². The molecule has 0 aliphatic heterocycles. The highest BCUT2D eigenvalue weighted by Gasteiger charge is 2.25. The molecule has 0 aromatic carbocycles. The summed E-state index contributed by atoms with van der Waals surface area (Å²) in [6, 6.07) is -4.36. The van der Waals surface area contributed by atoms with Crippen LogP contribution in [0.4, 0.5) is 4.79 Å². The number of aliphatic hydroxyl groups excluding tert-OH is 2. The van der Waals surface area contributed by atoms with E-state index in [1.807, 2.05) is 5.32 Å². The Bertz CT molecular complexity index is 591. The molecule has 0 spiro atoms. The van der Waals surface area contributed by atoms with Crippen LogP contribution < -0.4 is 22.1 Å². The lowest BCUT2D eigenvalue weighted by Crippen LogP contribution is -2.49. The highest BCUT2D eigenvalue weighted by atomic mass is 16.4. The monoisotopic (exact) mass is 345 g/mol. The Hall–Kier alpha value is -2.77. The van der Waals surface area contributed by atoms with Crippen LogP contribution in [0.1, 0.15) is 30.2 Å². The van der Waals surface area contributed by atoms with E-state index in [9.17, 15) is 14.4 Å². The summed E-state index contributed by atoms with van der Waals surface area (Å²) in [7, 11) is 0. The van der Waals surface area contributed by atoms with Gasteiger partial charge in [0.1, 0.15) is 5.82 Å². The summed E-state index contributed by atoms with van der Waals surface area (Å²) in [5, 5.41) is 38.3. The van der Waals surface area contributed by atoms with Crippen LogP contribution in [0.5, 0.6) is 0 Å². The number of aliphatic hydroxyl groups is 2. The summed E-state index contributed by atoms with van der Waals surface area (Å²) in [4.78, 5) is 36.4. The number of hydrogen-bond acceptors (Lipinski definition) is 8. The summed E-state index contributed by atoms with van der Waals surface area (Å²) < 4.78 is 0. The van der Waals surface area contributed by atoms with Crippen molar-refractivity contribution in [2.75, 3.05) is 13.2 Å². The molecule has 1 aromatic rings. The minimum atomic E-state index is -1.52. The number of hydrogen-bond donors (Lipinski definition) is 8. The Labute approximate surface area is 135 Å². The summed E-state index contributed by atoms with van der Waals surface area (Å²) in [5.41, 5.74) is 10.7. The average molecular weight is 345 g/mol. The molecule has 13 heteroatoms. The molecule has 0 fully saturated rings. The zero-order valence-corrected chi connectivity index (χ0v) is 12.5. The number of aromatic nitrogens is 3. The number of rotatable bonds is 9. The minimum absolute atomic E-state index is 0.0405. The van der Waals surface area contributed by atoms with Crippen LogP contribution in [0.15, 0.2) is 0 Å². The zero-order chi connectivity index (χ0) is 18.3. The van der Waals surface area contributed by atoms with E-state index in [0.29, 0.717) is 0 Å². The van der Waals surface area contributed by atoms with Gasteiger partial charge in [-0.05, 0) is 0 Å². The number of nitrogens with zero attached hydrogens (tertiary/aromatic N) is 2. The van der Waals surface area contributed by atoms with Crippen molar-refractivity contribution in [3.8, 4) is 0 Å². The van der Waals surface area contributed by atoms with Gasteiger partial charge in [-0.2, -0.15) is 0 Å². The van der Waals surface area contributed by atoms with Gasteiger partial charge < -0.3 is 42.4 Å². The van der Waals surface area contributed by atoms with Gasteiger partial charge in [0, 0.05) is 0 Å². The summed E-state index contributed by atoms with van der Waals surface area (Å²) in [6.07, 6.45) is -0.354. The van der Waals surface area contributed by atoms with E-state index in [0.717, 1.165) is 0 Å². The Morgan fingerprint density at radius 1 is 1.12 bits per heavy atom. The molecule has 3 unspecified atom stereocenters. The molecular weight excluding hydrogens is 326 g/mol. The van der Waals surface area contributed by atoms with E-state index in [1.165, 1.54) is 0 Å². The smallest absolute Gasteiger partial charge is 0.328 e. The number of carboxylic acids is 1. The molecule has 0 aliphatic carbocycles. The van der Waals surface area contributed by atoms with Gasteiger partial charge in [-0.25, -0.2) is 9.59 Å². The van der Waals surface area contributed by atoms with E-state index < -0.39 is 49.2 Å². The number of nitrogens with two attached hydrogens (primary N) is 2. The second-order valence-corrected chi connectivity index (χ2v) is 4.80. The zero-order valence-electron chi connectivity index (χ0n) is 12.5. The van der Waals surface area contributed by atoms with Crippen molar-refractivity contribution in [1.82, 2.24) is 25.8 Å². The maximum absolute atomic E-state index is 11.8. The lowest BCUT2D eigenvalue weighted by atomic mass is 10.2. The fourth-order valence-corrected chi connectivity index (χ4v) is 1.66. The fraction of sp³-hybridized carbons (Fsp3) is 0.545. The third-order valence-corrected chi connectivity index (χ3v) is 2.90. The molecule has 1 rings (SSSR count). The van der Waals surface area contributed by atoms with Crippen LogP contribution in [0.3, 0.4) is 0 Å². The molecular formula is C11H19N7O6. The number of carbonyl (C=O) groups is 3. The first kappa shape index (κ1) is 19.3. The first-order valence-corrected chi connectivity index (χ1v) is 6.76. The molecule has 0 saturated heterocycles. The predicted octanol–water partition coefficient (Wildman–Crippen LogP) is -3.54. The van der Waals surface area contributed by atoms with Crippen molar-refractivity contribution >= 4 is 17.9 Å². The van der Waals surface area contributed by atoms with E-state index in [2.05, 4.69) is 20.5 Å². The van der Waals surface area contributed by atoms with Gasteiger partial charge in [-0.3, -0.25) is 4.79 Å². The molecule has 0 aliphatic rings. The molecule has 3 amide bonds. The quantitative estimate of drug-likeness (QED) is 0.221. The first-order valence-electron chi connectivity index (χ1n) is 6.76. The Kier molecular flexibility index (Phi) is 7.03. The lowest BCUT2D eigenvalue weighted by molar-refractivity contribution is -0.140. The van der Waals surface area contributed by atoms with E-state index in [1.54, 1.807) is 0 Å². The number of carbonyl (C=O) groups excluding carboxylic acids is 2. The fourth-order valence-electron chi connectivity index (χ4n) is 1.66. The first-order chi connectivity index (χ1) is 11.3. The molecule has 0 bridgehead atoms. The second-order valence-electron chi connectivity index (χ2n) is 4.80. The molecule has 1 aromatic heterocycles. The number of primary amides is 1. The standard InChI is InChI=1S/C11H19N7O6/c12-4(2-19)8-16-9(18-17-8)5(1-7(13)21)14-11(24)15-6(3-20)10(22)23/h4-6,19-20H,1-3,12H2,(H2,13,21)(H,22,23)(H2,14,15,24)(H,16,17,18). The van der Waals surface area contributed by atoms with Crippen LogP contribution >= 0.6 is 0 Å². The van der Waals surface area contributed by atoms with Gasteiger partial charge in [0.25, 0.3) is 0 Å². The number of amides is 3. The van der Waals surface area contributed by atoms with E-state index in [4.69, 9.17) is 26.8 Å². The number of urea groups is 1. The van der Waals surface area contributed by atoms with Crippen LogP contribution in [0.25, 0.3) is 0 Å². The summed E-state index contributed by atoms with van der Waals surface area (Å²) >= 11 is 0. The van der Waals surface area contributed by atoms with Gasteiger partial charge in [0.05, 0.1) is 31.7 Å². The van der Waals surface area contributed by atoms with Crippen molar-refractivity contribution in [3.63, 3.8) is 0 Å². The molecule has 134 valence electrons. The van der Waals surface area contributed by atoms with Crippen LogP contribution in [0.2, 0.25) is 0 Å². The predicted molar refractivity (Wildman–Crippen MR) is 77.1 cm³/mol. The van der Waals surface area contributed by atoms with Crippen LogP contribution in [-0.2, 0) is 9.59 Å². The van der Waals surface area contributed by atoms with Crippen LogP contribution in [0, 0.1) is 0 Å². The topological polar surface area (TPSA) is 230 Å². The molecule has 3 atom stereocenters. The highest BCUT2D eigenvalue weighted by molar-refractivity contribution is 5.83.